The monoisotopic (exact) mass is 367 g/mol. The molecule has 0 radical (unpaired) electrons. The molecule has 2 aromatic carbocycles. The van der Waals surface area contributed by atoms with Crippen LogP contribution in [-0.4, -0.2) is 25.6 Å². The molecule has 0 bridgehead atoms. The van der Waals surface area contributed by atoms with Crippen LogP contribution in [0, 0.1) is 15.5 Å². The lowest BCUT2D eigenvalue weighted by atomic mass is 9.85. The maximum absolute atomic E-state index is 11.2. The second-order valence-electron chi connectivity index (χ2n) is 7.44. The van der Waals surface area contributed by atoms with Gasteiger partial charge >= 0.3 is 5.97 Å². The lowest BCUT2D eigenvalue weighted by molar-refractivity contribution is -0.384. The van der Waals surface area contributed by atoms with Gasteiger partial charge in [0.1, 0.15) is 5.82 Å². The highest BCUT2D eigenvalue weighted by Gasteiger charge is 2.25. The van der Waals surface area contributed by atoms with Crippen molar-refractivity contribution in [3.63, 3.8) is 0 Å². The summed E-state index contributed by atoms with van der Waals surface area (Å²) >= 11 is 0. The second kappa shape index (κ2) is 7.19. The molecule has 0 amide bonds. The van der Waals surface area contributed by atoms with Gasteiger partial charge in [0.05, 0.1) is 22.4 Å². The Balaban J connectivity index is 1.97. The third-order valence-corrected chi connectivity index (χ3v) is 4.49. The Morgan fingerprint density at radius 2 is 1.85 bits per heavy atom. The number of nitro groups is 1. The Labute approximate surface area is 156 Å². The highest BCUT2D eigenvalue weighted by atomic mass is 16.6. The van der Waals surface area contributed by atoms with E-state index in [0.29, 0.717) is 13.0 Å². The van der Waals surface area contributed by atoms with E-state index in [9.17, 15) is 14.9 Å². The number of non-ortho nitro benzene ring substituents is 1. The molecule has 0 saturated carbocycles. The molecule has 0 aliphatic heterocycles. The van der Waals surface area contributed by atoms with Crippen LogP contribution in [0.15, 0.2) is 48.5 Å². The molecule has 0 unspecified atom stereocenters. The van der Waals surface area contributed by atoms with Crippen molar-refractivity contribution in [2.24, 2.45) is 5.41 Å². The summed E-state index contributed by atoms with van der Waals surface area (Å²) in [5.74, 6) is -0.0289. The molecule has 0 fully saturated rings. The quantitative estimate of drug-likeness (QED) is 0.502. The number of rotatable bonds is 7. The molecule has 7 heteroatoms. The fourth-order valence-electron chi connectivity index (χ4n) is 3.24. The van der Waals surface area contributed by atoms with E-state index in [-0.39, 0.29) is 12.1 Å². The van der Waals surface area contributed by atoms with Crippen molar-refractivity contribution in [3.8, 4) is 0 Å². The Bertz CT molecular complexity index is 990. The van der Waals surface area contributed by atoms with Crippen molar-refractivity contribution in [2.45, 2.75) is 33.2 Å². The molecule has 0 saturated heterocycles. The first-order valence-corrected chi connectivity index (χ1v) is 8.64. The number of aromatic nitrogens is 2. The summed E-state index contributed by atoms with van der Waals surface area (Å²) in [6.45, 7) is 4.34. The molecule has 7 nitrogen and oxygen atoms in total. The normalized spacial score (nSPS) is 11.6. The largest absolute Gasteiger partial charge is 0.481 e. The van der Waals surface area contributed by atoms with Gasteiger partial charge in [-0.3, -0.25) is 14.9 Å². The molecular weight excluding hydrogens is 346 g/mol. The maximum Gasteiger partial charge on any atom is 0.303 e. The van der Waals surface area contributed by atoms with Crippen LogP contribution < -0.4 is 0 Å². The number of para-hydroxylation sites is 2. The van der Waals surface area contributed by atoms with Crippen molar-refractivity contribution in [1.82, 2.24) is 9.55 Å². The van der Waals surface area contributed by atoms with Crippen LogP contribution >= 0.6 is 0 Å². The number of benzene rings is 2. The zero-order valence-electron chi connectivity index (χ0n) is 15.3. The van der Waals surface area contributed by atoms with Gasteiger partial charge in [0, 0.05) is 25.1 Å². The van der Waals surface area contributed by atoms with E-state index in [4.69, 9.17) is 10.1 Å². The molecular formula is C20H21N3O4. The molecule has 0 aliphatic carbocycles. The van der Waals surface area contributed by atoms with Gasteiger partial charge in [0.15, 0.2) is 0 Å². The smallest absolute Gasteiger partial charge is 0.303 e. The van der Waals surface area contributed by atoms with E-state index in [2.05, 4.69) is 4.57 Å². The fraction of sp³-hybridized carbons (Fsp3) is 0.300. The first kappa shape index (κ1) is 18.6. The van der Waals surface area contributed by atoms with Gasteiger partial charge in [-0.2, -0.15) is 0 Å². The summed E-state index contributed by atoms with van der Waals surface area (Å²) in [5, 5.41) is 20.0. The van der Waals surface area contributed by atoms with Gasteiger partial charge < -0.3 is 9.67 Å². The molecule has 1 aromatic heterocycles. The first-order chi connectivity index (χ1) is 12.7. The molecule has 3 rings (SSSR count). The van der Waals surface area contributed by atoms with Crippen LogP contribution in [0.2, 0.25) is 0 Å². The molecule has 140 valence electrons. The zero-order chi connectivity index (χ0) is 19.6. The number of carboxylic acid groups (broad SMARTS) is 1. The maximum atomic E-state index is 11.2. The first-order valence-electron chi connectivity index (χ1n) is 8.64. The summed E-state index contributed by atoms with van der Waals surface area (Å²) in [4.78, 5) is 26.3. The van der Waals surface area contributed by atoms with Crippen LogP contribution in [0.1, 0.15) is 31.7 Å². The lowest BCUT2D eigenvalue weighted by Crippen LogP contribution is -2.22. The average molecular weight is 367 g/mol. The summed E-state index contributed by atoms with van der Waals surface area (Å²) in [5.41, 5.74) is 2.33. The van der Waals surface area contributed by atoms with E-state index < -0.39 is 16.3 Å². The van der Waals surface area contributed by atoms with Crippen LogP contribution in [-0.2, 0) is 17.8 Å². The minimum absolute atomic E-state index is 0.0493. The van der Waals surface area contributed by atoms with E-state index in [1.165, 1.54) is 12.1 Å². The van der Waals surface area contributed by atoms with Crippen molar-refractivity contribution >= 4 is 22.7 Å². The van der Waals surface area contributed by atoms with Gasteiger partial charge in [-0.1, -0.05) is 38.1 Å². The van der Waals surface area contributed by atoms with Crippen molar-refractivity contribution in [1.29, 1.82) is 0 Å². The van der Waals surface area contributed by atoms with Gasteiger partial charge in [0.2, 0.25) is 0 Å². The fourth-order valence-corrected chi connectivity index (χ4v) is 3.24. The molecule has 0 aliphatic rings. The van der Waals surface area contributed by atoms with Gasteiger partial charge in [-0.25, -0.2) is 4.98 Å². The summed E-state index contributed by atoms with van der Waals surface area (Å²) < 4.78 is 2.06. The minimum atomic E-state index is -0.835. The van der Waals surface area contributed by atoms with Crippen molar-refractivity contribution < 1.29 is 14.8 Å². The topological polar surface area (TPSA) is 98.3 Å². The molecule has 1 heterocycles. The number of carboxylic acids is 1. The third kappa shape index (κ3) is 4.31. The van der Waals surface area contributed by atoms with E-state index >= 15 is 0 Å². The number of nitrogens with zero attached hydrogens (tertiary/aromatic N) is 3. The highest BCUT2D eigenvalue weighted by molar-refractivity contribution is 5.76. The SMILES string of the molecule is CC(C)(CC(=O)O)Cc1nc2ccccc2n1Cc1ccc([N+](=O)[O-])cc1. The van der Waals surface area contributed by atoms with Crippen LogP contribution in [0.3, 0.4) is 0 Å². The number of hydrogen-bond donors (Lipinski definition) is 1. The van der Waals surface area contributed by atoms with Crippen LogP contribution in [0.5, 0.6) is 0 Å². The van der Waals surface area contributed by atoms with Crippen LogP contribution in [0.25, 0.3) is 11.0 Å². The van der Waals surface area contributed by atoms with E-state index in [1.54, 1.807) is 12.1 Å². The van der Waals surface area contributed by atoms with Gasteiger partial charge in [0.25, 0.3) is 5.69 Å². The molecule has 0 atom stereocenters. The average Bonchev–Trinajstić information content (AvgIpc) is 2.91. The number of fused-ring (bicyclic) bond motifs is 1. The number of carbonyl (C=O) groups is 1. The standard InChI is InChI=1S/C20H21N3O4/c1-20(2,12-19(24)25)11-18-21-16-5-3-4-6-17(16)22(18)13-14-7-9-15(10-8-14)23(26)27/h3-10H,11-13H2,1-2H3,(H,24,25). The predicted molar refractivity (Wildman–Crippen MR) is 102 cm³/mol. The van der Waals surface area contributed by atoms with E-state index in [0.717, 1.165) is 22.4 Å². The molecule has 3 aromatic rings. The predicted octanol–water partition coefficient (Wildman–Crippen LogP) is 4.04. The molecule has 1 N–H and O–H groups in total. The van der Waals surface area contributed by atoms with Crippen molar-refractivity contribution in [3.05, 3.63) is 70.0 Å². The Kier molecular flexibility index (Phi) is 4.94. The lowest BCUT2D eigenvalue weighted by Gasteiger charge is -2.22. The van der Waals surface area contributed by atoms with Gasteiger partial charge in [-0.05, 0) is 23.1 Å². The third-order valence-electron chi connectivity index (χ3n) is 4.49. The summed E-state index contributed by atoms with van der Waals surface area (Å²) in [6, 6.07) is 14.2. The number of hydrogen-bond acceptors (Lipinski definition) is 4. The number of nitro benzene ring substituents is 1. The highest BCUT2D eigenvalue weighted by Crippen LogP contribution is 2.28. The Morgan fingerprint density at radius 1 is 1.19 bits per heavy atom. The Morgan fingerprint density at radius 3 is 2.48 bits per heavy atom. The summed E-state index contributed by atoms with van der Waals surface area (Å²) in [6.07, 6.45) is 0.564. The second-order valence-corrected chi connectivity index (χ2v) is 7.44. The molecule has 0 spiro atoms. The van der Waals surface area contributed by atoms with Crippen LogP contribution in [0.4, 0.5) is 5.69 Å². The summed E-state index contributed by atoms with van der Waals surface area (Å²) in [7, 11) is 0. The van der Waals surface area contributed by atoms with Gasteiger partial charge in [-0.15, -0.1) is 0 Å². The Hall–Kier alpha value is -3.22. The minimum Gasteiger partial charge on any atom is -0.481 e. The molecule has 27 heavy (non-hydrogen) atoms. The number of aliphatic carboxylic acids is 1. The van der Waals surface area contributed by atoms with E-state index in [1.807, 2.05) is 38.1 Å². The van der Waals surface area contributed by atoms with Crippen molar-refractivity contribution in [2.75, 3.05) is 0 Å². The number of imidazole rings is 1. The zero-order valence-corrected chi connectivity index (χ0v) is 15.3.